The number of benzene rings is 1. The van der Waals surface area contributed by atoms with Crippen molar-refractivity contribution in [1.29, 1.82) is 0 Å². The molecule has 1 N–H and O–H groups in total. The minimum Gasteiger partial charge on any atom is -0.508 e. The summed E-state index contributed by atoms with van der Waals surface area (Å²) in [7, 11) is 1.20. The van der Waals surface area contributed by atoms with Crippen molar-refractivity contribution in [3.8, 4) is 5.75 Å². The fourth-order valence-electron chi connectivity index (χ4n) is 7.02. The fourth-order valence-corrected chi connectivity index (χ4v) is 8.67. The summed E-state index contributed by atoms with van der Waals surface area (Å²) in [6, 6.07) is 7.60. The molecule has 1 aromatic carbocycles. The number of nitrogens with zero attached hydrogens (tertiary/aromatic N) is 4. The molecular weight excluding hydrogens is 716 g/mol. The quantitative estimate of drug-likeness (QED) is 0.198. The van der Waals surface area contributed by atoms with Crippen molar-refractivity contribution in [2.45, 2.75) is 34.7 Å². The number of amides is 4. The van der Waals surface area contributed by atoms with E-state index in [0.717, 1.165) is 16.0 Å². The zero-order chi connectivity index (χ0) is 32.1. The second-order valence-corrected chi connectivity index (χ2v) is 13.2. The summed E-state index contributed by atoms with van der Waals surface area (Å²) in [6.07, 6.45) is -3.38. The van der Waals surface area contributed by atoms with Gasteiger partial charge in [0, 0.05) is 13.0 Å². The maximum Gasteiger partial charge on any atom is 0.433 e. The number of hydrazine groups is 1. The molecule has 3 heterocycles. The number of rotatable bonds is 4. The normalized spacial score (nSPS) is 31.6. The molecule has 2 aromatic rings. The number of carbonyl (C=O) groups excluding carboxylic acids is 4. The summed E-state index contributed by atoms with van der Waals surface area (Å²) in [5.41, 5.74) is -0.616. The van der Waals surface area contributed by atoms with E-state index >= 15 is 0 Å². The minimum atomic E-state index is -4.81. The maximum absolute atomic E-state index is 14.1. The van der Waals surface area contributed by atoms with Crippen LogP contribution >= 0.6 is 50.7 Å². The molecule has 6 rings (SSSR count). The van der Waals surface area contributed by atoms with Gasteiger partial charge in [-0.25, -0.2) is 4.98 Å². The number of carbonyl (C=O) groups is 4. The van der Waals surface area contributed by atoms with E-state index in [2.05, 4.69) is 20.9 Å². The number of anilines is 1. The Hall–Kier alpha value is -2.87. The number of pyridine rings is 1. The van der Waals surface area contributed by atoms with Gasteiger partial charge in [-0.15, -0.1) is 23.2 Å². The molecule has 4 amide bonds. The Morgan fingerprint density at radius 3 is 2.43 bits per heavy atom. The van der Waals surface area contributed by atoms with Gasteiger partial charge in [0.25, 0.3) is 23.6 Å². The highest BCUT2D eigenvalue weighted by Crippen LogP contribution is 2.65. The van der Waals surface area contributed by atoms with Crippen molar-refractivity contribution in [3.05, 3.63) is 64.3 Å². The molecule has 2 saturated heterocycles. The van der Waals surface area contributed by atoms with Gasteiger partial charge >= 0.3 is 6.18 Å². The zero-order valence-corrected chi connectivity index (χ0v) is 26.3. The molecule has 6 unspecified atom stereocenters. The largest absolute Gasteiger partial charge is 0.508 e. The van der Waals surface area contributed by atoms with Crippen LogP contribution in [0.1, 0.15) is 30.0 Å². The average Bonchev–Trinajstić information content (AvgIpc) is 3.29. The van der Waals surface area contributed by atoms with E-state index in [1.54, 1.807) is 12.1 Å². The molecule has 3 fully saturated rings. The third kappa shape index (κ3) is 4.15. The Morgan fingerprint density at radius 1 is 1.09 bits per heavy atom. The van der Waals surface area contributed by atoms with Crippen LogP contribution < -0.4 is 5.01 Å². The first kappa shape index (κ1) is 31.1. The van der Waals surface area contributed by atoms with E-state index < -0.39 is 74.7 Å². The van der Waals surface area contributed by atoms with Crippen LogP contribution in [-0.4, -0.2) is 65.9 Å². The number of hydrogen-bond acceptors (Lipinski definition) is 7. The van der Waals surface area contributed by atoms with Crippen LogP contribution in [-0.2, 0) is 25.4 Å². The van der Waals surface area contributed by atoms with Gasteiger partial charge in [-0.3, -0.25) is 29.1 Å². The van der Waals surface area contributed by atoms with Gasteiger partial charge in [0.2, 0.25) is 0 Å². The SMILES string of the molecule is CN(c1nc(C(F)(F)F)ccc1Cl)N1C(=O)C2CC=C3C(CC4(Cl)C(=O)N(CBr)C(=O)C4(Cl)C3c3cccc(O)c3)C2C1=O. The number of hydrogen-bond donors (Lipinski definition) is 1. The number of alkyl halides is 6. The Bertz CT molecular complexity index is 1680. The average molecular weight is 737 g/mol. The van der Waals surface area contributed by atoms with E-state index in [9.17, 15) is 37.5 Å². The van der Waals surface area contributed by atoms with Gasteiger partial charge in [0.15, 0.2) is 15.6 Å². The van der Waals surface area contributed by atoms with Crippen LogP contribution in [0.25, 0.3) is 0 Å². The second-order valence-electron chi connectivity index (χ2n) is 11.1. The Kier molecular flexibility index (Phi) is 7.31. The number of imide groups is 2. The molecule has 44 heavy (non-hydrogen) atoms. The van der Waals surface area contributed by atoms with Gasteiger partial charge in [0.1, 0.15) is 11.4 Å². The van der Waals surface area contributed by atoms with Gasteiger partial charge in [-0.1, -0.05) is 51.3 Å². The molecule has 0 radical (unpaired) electrons. The number of likely N-dealkylation sites (tertiary alicyclic amines) is 1. The fraction of sp³-hybridized carbons (Fsp3) is 0.393. The van der Waals surface area contributed by atoms with Crippen LogP contribution in [0, 0.1) is 17.8 Å². The molecule has 16 heteroatoms. The van der Waals surface area contributed by atoms with Gasteiger partial charge in [-0.05, 0) is 48.6 Å². The molecule has 9 nitrogen and oxygen atoms in total. The third-order valence-electron chi connectivity index (χ3n) is 8.92. The third-order valence-corrected chi connectivity index (χ3v) is 11.1. The van der Waals surface area contributed by atoms with E-state index in [4.69, 9.17) is 34.8 Å². The highest BCUT2D eigenvalue weighted by molar-refractivity contribution is 9.09. The first-order valence-electron chi connectivity index (χ1n) is 13.2. The Labute approximate surface area is 271 Å². The number of fused-ring (bicyclic) bond motifs is 4. The number of phenols is 1. The van der Waals surface area contributed by atoms with Crippen LogP contribution in [0.4, 0.5) is 19.0 Å². The lowest BCUT2D eigenvalue weighted by atomic mass is 9.56. The van der Waals surface area contributed by atoms with Crippen molar-refractivity contribution in [2.75, 3.05) is 17.5 Å². The Morgan fingerprint density at radius 2 is 1.80 bits per heavy atom. The van der Waals surface area contributed by atoms with Crippen molar-refractivity contribution < 1.29 is 37.5 Å². The smallest absolute Gasteiger partial charge is 0.433 e. The molecule has 2 aliphatic heterocycles. The zero-order valence-electron chi connectivity index (χ0n) is 22.5. The van der Waals surface area contributed by atoms with Crippen molar-refractivity contribution >= 4 is 80.2 Å². The van der Waals surface area contributed by atoms with E-state index in [1.165, 1.54) is 25.2 Å². The van der Waals surface area contributed by atoms with Crippen LogP contribution in [0.5, 0.6) is 5.75 Å². The lowest BCUT2D eigenvalue weighted by Crippen LogP contribution is -2.60. The van der Waals surface area contributed by atoms with Crippen LogP contribution in [0.3, 0.4) is 0 Å². The second kappa shape index (κ2) is 10.3. The molecule has 1 saturated carbocycles. The first-order chi connectivity index (χ1) is 20.6. The molecule has 1 aromatic heterocycles. The highest BCUT2D eigenvalue weighted by atomic mass is 79.9. The number of aromatic hydroxyl groups is 1. The molecule has 6 atom stereocenters. The van der Waals surface area contributed by atoms with Crippen molar-refractivity contribution in [2.24, 2.45) is 17.8 Å². The van der Waals surface area contributed by atoms with E-state index in [0.29, 0.717) is 22.2 Å². The van der Waals surface area contributed by atoms with Gasteiger partial charge < -0.3 is 5.11 Å². The number of phenolic OH excluding ortho intramolecular Hbond substituents is 1. The molecular formula is C28H21BrCl3F3N4O5. The van der Waals surface area contributed by atoms with Gasteiger partial charge in [0.05, 0.1) is 22.3 Å². The molecule has 0 spiro atoms. The maximum atomic E-state index is 14.1. The van der Waals surface area contributed by atoms with Crippen LogP contribution in [0.2, 0.25) is 5.02 Å². The standard InChI is InChI=1S/C28H21BrCl3F3N4O5/c1-37(21-17(30)7-8-18(36-21)28(33,34)35)39-22(41)15-6-5-14-16(19(15)23(39)42)10-26(31)24(43)38(11-29)25(44)27(26,32)20(14)12-3-2-4-13(40)9-12/h2-5,7-9,15-16,19-20,40H,6,10-11H2,1H3. The lowest BCUT2D eigenvalue weighted by molar-refractivity contribution is -0.142. The summed E-state index contributed by atoms with van der Waals surface area (Å²) in [5.74, 6) is -7.64. The van der Waals surface area contributed by atoms with Crippen LogP contribution in [0.15, 0.2) is 48.0 Å². The van der Waals surface area contributed by atoms with Gasteiger partial charge in [-0.2, -0.15) is 18.2 Å². The summed E-state index contributed by atoms with van der Waals surface area (Å²) < 4.78 is 40.3. The molecule has 232 valence electrons. The molecule has 4 aliphatic rings. The monoisotopic (exact) mass is 734 g/mol. The summed E-state index contributed by atoms with van der Waals surface area (Å²) in [4.78, 5) is 55.6. The topological polar surface area (TPSA) is 111 Å². The minimum absolute atomic E-state index is 0.0248. The summed E-state index contributed by atoms with van der Waals surface area (Å²) in [6.45, 7) is 0. The summed E-state index contributed by atoms with van der Waals surface area (Å²) >= 11 is 23.6. The predicted octanol–water partition coefficient (Wildman–Crippen LogP) is 5.22. The molecule has 2 aliphatic carbocycles. The lowest BCUT2D eigenvalue weighted by Gasteiger charge is -2.50. The van der Waals surface area contributed by atoms with E-state index in [1.807, 2.05) is 0 Å². The number of aromatic nitrogens is 1. The van der Waals surface area contributed by atoms with Crippen molar-refractivity contribution in [3.63, 3.8) is 0 Å². The molecule has 0 bridgehead atoms. The highest BCUT2D eigenvalue weighted by Gasteiger charge is 2.76. The van der Waals surface area contributed by atoms with E-state index in [-0.39, 0.29) is 29.1 Å². The number of allylic oxidation sites excluding steroid dienone is 2. The van der Waals surface area contributed by atoms with Crippen molar-refractivity contribution in [1.82, 2.24) is 14.9 Å². The number of halogens is 7. The predicted molar refractivity (Wildman–Crippen MR) is 156 cm³/mol. The Balaban J connectivity index is 1.46. The first-order valence-corrected chi connectivity index (χ1v) is 15.5. The summed E-state index contributed by atoms with van der Waals surface area (Å²) in [5, 5.41) is 11.7.